The molecule has 0 N–H and O–H groups in total. The maximum Gasteiger partial charge on any atom is 0.0104 e. The van der Waals surface area contributed by atoms with Gasteiger partial charge in [0, 0.05) is 36.3 Å². The van der Waals surface area contributed by atoms with Crippen LogP contribution in [-0.2, 0) is 0 Å². The highest BCUT2D eigenvalue weighted by Crippen LogP contribution is 2.72. The maximum absolute atomic E-state index is 3.63. The Morgan fingerprint density at radius 2 is 0.500 bits per heavy atom. The Morgan fingerprint density at radius 1 is 0.256 bits per heavy atom. The maximum atomic E-state index is 3.63. The first kappa shape index (κ1) is 60.8. The molecule has 16 saturated carbocycles. The van der Waals surface area contributed by atoms with Crippen molar-refractivity contribution in [1.29, 1.82) is 0 Å². The van der Waals surface area contributed by atoms with Gasteiger partial charge in [0.15, 0.2) is 0 Å². The Labute approximate surface area is 532 Å². The van der Waals surface area contributed by atoms with Crippen LogP contribution in [0.5, 0.6) is 0 Å². The zero-order chi connectivity index (χ0) is 58.6. The standard InChI is InChI=1S/C84H140N2/c1-10-11-45-84(52-53-23-13-12-14-24-53)78-50-58(85(54-33-39-64-60-25-15-19-29-70(60)80(2,3)74(64)46-54)55-34-40-65-61-26-16-20-30-71(61)81(4,5)75(65)47-55)37-43-68(78)69-44-38-59(51-79(69)84)86(56-35-41-66-62-27-17-21-31-72(62)82(6,7)76(66)48-56)57-36-42-67-63-28-18-22-32-73(63)83(8,9)77(67)49-57/h53-79H,10-52H2,1-9H3. The van der Waals surface area contributed by atoms with Gasteiger partial charge in [-0.25, -0.2) is 0 Å². The average molecular weight is 1180 g/mol. The fourth-order valence-electron chi connectivity index (χ4n) is 33.2. The summed E-state index contributed by atoms with van der Waals surface area (Å²) in [5.41, 5.74) is 2.72. The average Bonchev–Trinajstić information content (AvgIpc) is 1.59. The molecule has 486 valence electrons. The minimum Gasteiger partial charge on any atom is -0.294 e. The van der Waals surface area contributed by atoms with Crippen LogP contribution in [0, 0.1) is 151 Å². The summed E-state index contributed by atoms with van der Waals surface area (Å²) < 4.78 is 0. The second kappa shape index (κ2) is 23.4. The van der Waals surface area contributed by atoms with Gasteiger partial charge < -0.3 is 0 Å². The molecule has 26 atom stereocenters. The molecule has 0 aromatic heterocycles. The van der Waals surface area contributed by atoms with Gasteiger partial charge in [-0.05, 0) is 331 Å². The topological polar surface area (TPSA) is 6.48 Å². The third kappa shape index (κ3) is 9.70. The van der Waals surface area contributed by atoms with Gasteiger partial charge in [-0.1, -0.05) is 159 Å². The number of fused-ring (bicyclic) bond motifs is 15. The zero-order valence-corrected chi connectivity index (χ0v) is 58.4. The molecule has 0 amide bonds. The fourth-order valence-corrected chi connectivity index (χ4v) is 33.2. The summed E-state index contributed by atoms with van der Waals surface area (Å²) in [5, 5.41) is 0. The summed E-state index contributed by atoms with van der Waals surface area (Å²) in [4.78, 5) is 7.26. The highest BCUT2D eigenvalue weighted by Gasteiger charge is 2.67. The summed E-state index contributed by atoms with van der Waals surface area (Å²) in [6, 6.07) is 5.10. The van der Waals surface area contributed by atoms with Crippen molar-refractivity contribution in [2.24, 2.45) is 151 Å². The van der Waals surface area contributed by atoms with E-state index in [0.29, 0.717) is 27.1 Å². The van der Waals surface area contributed by atoms with Crippen LogP contribution >= 0.6 is 0 Å². The molecular weight excluding hydrogens is 1040 g/mol. The van der Waals surface area contributed by atoms with Crippen molar-refractivity contribution in [3.63, 3.8) is 0 Å². The Hall–Kier alpha value is -0.0800. The first-order chi connectivity index (χ1) is 41.6. The van der Waals surface area contributed by atoms with Crippen LogP contribution in [0.2, 0.25) is 0 Å². The molecule has 0 aromatic rings. The van der Waals surface area contributed by atoms with Gasteiger partial charge in [-0.15, -0.1) is 0 Å². The number of rotatable bonds is 11. The van der Waals surface area contributed by atoms with E-state index >= 15 is 0 Å². The Bertz CT molecular complexity index is 2070. The van der Waals surface area contributed by atoms with E-state index in [4.69, 9.17) is 0 Å². The first-order valence-corrected chi connectivity index (χ1v) is 41.1. The van der Waals surface area contributed by atoms with Gasteiger partial charge in [0.25, 0.3) is 0 Å². The summed E-state index contributed by atoms with van der Waals surface area (Å²) in [6.45, 7) is 25.3. The Morgan fingerprint density at radius 3 is 0.791 bits per heavy atom. The highest BCUT2D eigenvalue weighted by molar-refractivity contribution is 5.17. The van der Waals surface area contributed by atoms with Crippen molar-refractivity contribution in [2.45, 2.75) is 375 Å². The lowest BCUT2D eigenvalue weighted by Gasteiger charge is -2.56. The van der Waals surface area contributed by atoms with Crippen LogP contribution in [0.3, 0.4) is 0 Å². The van der Waals surface area contributed by atoms with Gasteiger partial charge >= 0.3 is 0 Å². The predicted molar refractivity (Wildman–Crippen MR) is 361 cm³/mol. The van der Waals surface area contributed by atoms with Crippen molar-refractivity contribution in [2.75, 3.05) is 0 Å². The third-order valence-corrected chi connectivity index (χ3v) is 36.3. The molecule has 26 unspecified atom stereocenters. The summed E-state index contributed by atoms with van der Waals surface area (Å²) in [7, 11) is 0. The van der Waals surface area contributed by atoms with Crippen molar-refractivity contribution in [3.8, 4) is 0 Å². The molecule has 0 aliphatic heterocycles. The molecule has 0 heterocycles. The predicted octanol–water partition coefficient (Wildman–Crippen LogP) is 22.8. The SMILES string of the molecule is CCCCC1(CC2CCCCC2)C2CC(N(C3CCC4C5CCCCC5C(C)(C)C4C3)C3CCC4C5CCCCC5C(C)(C)C4C3)CCC2C2CCC(N(C3CCC4C5CCCCC5C(C)(C)C4C3)C3CCC4C5CCCCC5C(C)(C)C4C3)CC21. The van der Waals surface area contributed by atoms with Crippen LogP contribution in [0.15, 0.2) is 0 Å². The number of unbranched alkanes of at least 4 members (excludes halogenated alkanes) is 1. The summed E-state index contributed by atoms with van der Waals surface area (Å²) in [6.07, 6.45) is 67.1. The molecule has 16 rings (SSSR count). The number of hydrogen-bond donors (Lipinski definition) is 0. The van der Waals surface area contributed by atoms with E-state index in [-0.39, 0.29) is 0 Å². The smallest absolute Gasteiger partial charge is 0.0104 e. The van der Waals surface area contributed by atoms with Gasteiger partial charge in [0.2, 0.25) is 0 Å². The number of nitrogens with zero attached hydrogens (tertiary/aromatic N) is 2. The molecule has 16 aliphatic rings. The van der Waals surface area contributed by atoms with E-state index < -0.39 is 0 Å². The normalized spacial score (nSPS) is 52.4. The van der Waals surface area contributed by atoms with Crippen molar-refractivity contribution < 1.29 is 0 Å². The molecule has 0 spiro atoms. The largest absolute Gasteiger partial charge is 0.294 e. The van der Waals surface area contributed by atoms with Crippen LogP contribution in [0.4, 0.5) is 0 Å². The quantitative estimate of drug-likeness (QED) is 0.203. The van der Waals surface area contributed by atoms with Crippen LogP contribution in [0.1, 0.15) is 338 Å². The second-order valence-electron chi connectivity index (χ2n) is 39.9. The van der Waals surface area contributed by atoms with Gasteiger partial charge in [0.1, 0.15) is 0 Å². The zero-order valence-electron chi connectivity index (χ0n) is 58.4. The molecule has 86 heavy (non-hydrogen) atoms. The van der Waals surface area contributed by atoms with E-state index in [1.54, 1.807) is 193 Å². The molecule has 0 saturated heterocycles. The highest BCUT2D eigenvalue weighted by atomic mass is 15.2. The van der Waals surface area contributed by atoms with Crippen molar-refractivity contribution in [1.82, 2.24) is 9.80 Å². The third-order valence-electron chi connectivity index (χ3n) is 36.3. The Balaban J connectivity index is 0.744. The van der Waals surface area contributed by atoms with Crippen LogP contribution in [0.25, 0.3) is 0 Å². The van der Waals surface area contributed by atoms with E-state index in [9.17, 15) is 0 Å². The second-order valence-corrected chi connectivity index (χ2v) is 39.9. The van der Waals surface area contributed by atoms with Gasteiger partial charge in [-0.2, -0.15) is 0 Å². The van der Waals surface area contributed by atoms with Crippen molar-refractivity contribution in [3.05, 3.63) is 0 Å². The first-order valence-electron chi connectivity index (χ1n) is 41.1. The molecular formula is C84H140N2. The fraction of sp³-hybridized carbons (Fsp3) is 1.00. The molecule has 2 nitrogen and oxygen atoms in total. The minimum atomic E-state index is 0.537. The van der Waals surface area contributed by atoms with Gasteiger partial charge in [0.05, 0.1) is 0 Å². The Kier molecular flexibility index (Phi) is 16.5. The van der Waals surface area contributed by atoms with E-state index in [1.165, 1.54) is 83.5 Å². The monoisotopic (exact) mass is 1180 g/mol. The lowest BCUT2D eigenvalue weighted by Crippen LogP contribution is -2.57. The number of hydrogen-bond acceptors (Lipinski definition) is 2. The molecule has 0 aromatic carbocycles. The molecule has 0 radical (unpaired) electrons. The van der Waals surface area contributed by atoms with Crippen LogP contribution in [-0.4, -0.2) is 46.1 Å². The lowest BCUT2D eigenvalue weighted by atomic mass is 9.57. The lowest BCUT2D eigenvalue weighted by molar-refractivity contribution is -0.0636. The minimum absolute atomic E-state index is 0.537. The van der Waals surface area contributed by atoms with E-state index in [1.807, 2.05) is 0 Å². The van der Waals surface area contributed by atoms with Crippen molar-refractivity contribution >= 4 is 0 Å². The van der Waals surface area contributed by atoms with E-state index in [0.717, 1.165) is 161 Å². The molecule has 16 aliphatic carbocycles. The van der Waals surface area contributed by atoms with E-state index in [2.05, 4.69) is 72.1 Å². The molecule has 0 bridgehead atoms. The summed E-state index contributed by atoms with van der Waals surface area (Å²) >= 11 is 0. The van der Waals surface area contributed by atoms with Gasteiger partial charge in [-0.3, -0.25) is 9.80 Å². The summed E-state index contributed by atoms with van der Waals surface area (Å²) in [5.74, 6) is 21.3. The van der Waals surface area contributed by atoms with Crippen LogP contribution < -0.4 is 0 Å². The molecule has 16 fully saturated rings. The molecule has 2 heteroatoms.